The molecule has 0 saturated carbocycles. The number of nitrogens with zero attached hydrogens (tertiary/aromatic N) is 5. The van der Waals surface area contributed by atoms with Crippen molar-refractivity contribution in [2.24, 2.45) is 0 Å². The first kappa shape index (κ1) is 28.0. The van der Waals surface area contributed by atoms with Gasteiger partial charge >= 0.3 is 0 Å². The molecule has 3 aromatic heterocycles. The predicted molar refractivity (Wildman–Crippen MR) is 155 cm³/mol. The fourth-order valence-electron chi connectivity index (χ4n) is 3.99. The van der Waals surface area contributed by atoms with E-state index in [0.29, 0.717) is 17.2 Å². The molecule has 1 fully saturated rings. The summed E-state index contributed by atoms with van der Waals surface area (Å²) in [6, 6.07) is 12.9. The zero-order chi connectivity index (χ0) is 26.8. The number of hydrogen-bond acceptors (Lipinski definition) is 6. The Bertz CT molecular complexity index is 1320. The lowest BCUT2D eigenvalue weighted by atomic mass is 10.1. The van der Waals surface area contributed by atoms with Crippen LogP contribution in [0.2, 0.25) is 0 Å². The van der Waals surface area contributed by atoms with E-state index >= 15 is 0 Å². The van der Waals surface area contributed by atoms with Gasteiger partial charge in [0.2, 0.25) is 0 Å². The minimum atomic E-state index is -0.216. The summed E-state index contributed by atoms with van der Waals surface area (Å²) in [6.45, 7) is 9.01. The zero-order valence-electron chi connectivity index (χ0n) is 21.9. The van der Waals surface area contributed by atoms with Gasteiger partial charge in [-0.1, -0.05) is 53.6 Å². The van der Waals surface area contributed by atoms with E-state index in [1.165, 1.54) is 0 Å². The largest absolute Gasteiger partial charge is 0.382 e. The van der Waals surface area contributed by atoms with Crippen LogP contribution < -0.4 is 11.1 Å². The molecule has 0 radical (unpaired) electrons. The molecular weight excluding hydrogens is 481 g/mol. The van der Waals surface area contributed by atoms with Crippen LogP contribution in [0.5, 0.6) is 0 Å². The normalized spacial score (nSPS) is 15.1. The molecule has 9 heteroatoms. The maximum atomic E-state index is 12.5. The number of rotatable bonds is 4. The van der Waals surface area contributed by atoms with Gasteiger partial charge in [0.1, 0.15) is 28.7 Å². The molecule has 1 aliphatic rings. The molecule has 1 aliphatic heterocycles. The Labute approximate surface area is 221 Å². The van der Waals surface area contributed by atoms with Gasteiger partial charge in [-0.05, 0) is 51.0 Å². The van der Waals surface area contributed by atoms with Crippen LogP contribution in [0.1, 0.15) is 62.8 Å². The van der Waals surface area contributed by atoms with Crippen LogP contribution >= 0.6 is 9.39 Å². The number of aromatic nitrogens is 4. The molecule has 0 spiro atoms. The second kappa shape index (κ2) is 13.6. The lowest BCUT2D eigenvalue weighted by molar-refractivity contribution is 0.102. The van der Waals surface area contributed by atoms with Gasteiger partial charge in [-0.25, -0.2) is 15.0 Å². The second-order valence-corrected chi connectivity index (χ2v) is 8.82. The van der Waals surface area contributed by atoms with Crippen LogP contribution in [0.25, 0.3) is 16.8 Å². The number of carbonyl (C=O) groups excluding carboxylic acids is 1. The van der Waals surface area contributed by atoms with Crippen molar-refractivity contribution in [1.29, 1.82) is 0 Å². The maximum absolute atomic E-state index is 12.5. The molecule has 194 valence electrons. The van der Waals surface area contributed by atoms with Crippen LogP contribution in [0.4, 0.5) is 11.6 Å². The third-order valence-corrected chi connectivity index (χ3v) is 6.48. The highest BCUT2D eigenvalue weighted by Crippen LogP contribution is 2.37. The number of benzene rings is 1. The Balaban J connectivity index is 0.000000580. The first-order chi connectivity index (χ1) is 18.0. The van der Waals surface area contributed by atoms with Crippen molar-refractivity contribution in [1.82, 2.24) is 24.0 Å². The van der Waals surface area contributed by atoms with Crippen LogP contribution in [0, 0.1) is 0 Å². The topological polar surface area (TPSA) is 101 Å². The first-order valence-corrected chi connectivity index (χ1v) is 13.1. The Hall–Kier alpha value is -3.61. The number of pyridine rings is 1. The highest BCUT2D eigenvalue weighted by atomic mass is 31.0. The summed E-state index contributed by atoms with van der Waals surface area (Å²) in [4.78, 5) is 25.9. The highest BCUT2D eigenvalue weighted by molar-refractivity contribution is 7.13. The van der Waals surface area contributed by atoms with Crippen LogP contribution in [-0.2, 0) is 0 Å². The monoisotopic (exact) mass is 517 g/mol. The molecule has 37 heavy (non-hydrogen) atoms. The van der Waals surface area contributed by atoms with Crippen molar-refractivity contribution in [3.8, 4) is 11.3 Å². The second-order valence-electron chi connectivity index (χ2n) is 8.16. The summed E-state index contributed by atoms with van der Waals surface area (Å²) in [5.74, 6) is 1.68. The van der Waals surface area contributed by atoms with Gasteiger partial charge in [0.05, 0.1) is 6.04 Å². The zero-order valence-corrected chi connectivity index (χ0v) is 23.1. The lowest BCUT2D eigenvalue weighted by Gasteiger charge is -2.17. The molecule has 4 heterocycles. The molecule has 4 aromatic rings. The maximum Gasteiger partial charge on any atom is 0.256 e. The van der Waals surface area contributed by atoms with Gasteiger partial charge in [0.15, 0.2) is 0 Å². The van der Waals surface area contributed by atoms with E-state index in [1.807, 2.05) is 68.6 Å². The van der Waals surface area contributed by atoms with Crippen LogP contribution in [0.15, 0.2) is 73.2 Å². The minimum Gasteiger partial charge on any atom is -0.382 e. The van der Waals surface area contributed by atoms with Crippen LogP contribution in [-0.4, -0.2) is 36.5 Å². The number of nitrogen functional groups attached to an aromatic ring is 1. The molecular formula is C28H36N7OP. The van der Waals surface area contributed by atoms with Crippen molar-refractivity contribution in [3.63, 3.8) is 0 Å². The molecule has 0 aliphatic carbocycles. The van der Waals surface area contributed by atoms with Gasteiger partial charge in [-0.15, -0.1) is 0 Å². The van der Waals surface area contributed by atoms with Crippen molar-refractivity contribution < 1.29 is 4.79 Å². The third kappa shape index (κ3) is 6.59. The Morgan fingerprint density at radius 1 is 1.08 bits per heavy atom. The molecule has 0 bridgehead atoms. The quantitative estimate of drug-likeness (QED) is 0.248. The molecule has 1 aromatic carbocycles. The van der Waals surface area contributed by atoms with E-state index in [4.69, 9.17) is 10.7 Å². The number of amides is 1. The summed E-state index contributed by atoms with van der Waals surface area (Å²) >= 11 is 0. The SMILES string of the molecule is C/C=C\C.CC.Nc1nccn2c(C3CCCN3P)nc(-c3ccc(C(=O)Nc4ccccn4)cc3)c12. The van der Waals surface area contributed by atoms with Gasteiger partial charge in [0, 0.05) is 36.3 Å². The average Bonchev–Trinajstić information content (AvgIpc) is 3.54. The molecule has 2 atom stereocenters. The van der Waals surface area contributed by atoms with E-state index in [2.05, 4.69) is 29.3 Å². The number of imidazole rings is 1. The van der Waals surface area contributed by atoms with Crippen molar-refractivity contribution in [2.45, 2.75) is 46.6 Å². The smallest absolute Gasteiger partial charge is 0.256 e. The number of carbonyl (C=O) groups is 1. The highest BCUT2D eigenvalue weighted by Gasteiger charge is 2.29. The Morgan fingerprint density at radius 3 is 2.41 bits per heavy atom. The lowest BCUT2D eigenvalue weighted by Crippen LogP contribution is -2.14. The summed E-state index contributed by atoms with van der Waals surface area (Å²) in [5.41, 5.74) is 9.21. The summed E-state index contributed by atoms with van der Waals surface area (Å²) in [6.07, 6.45) is 11.4. The standard InChI is InChI=1S/C22H22N7OP.C4H8.C2H6/c23-20-19-18(27-21(28(19)13-11-25-20)16-4-3-12-29(16)31)14-6-8-15(9-7-14)22(30)26-17-5-1-2-10-24-17;1-3-4-2;1-2/h1-2,5-11,13,16H,3-4,12,31H2,(H2,23,25)(H,24,26,30);3-4H,1-2H3;1-2H3/b;4-3-;. The van der Waals surface area contributed by atoms with Crippen molar-refractivity contribution >= 4 is 32.5 Å². The van der Waals surface area contributed by atoms with E-state index < -0.39 is 0 Å². The Kier molecular flexibility index (Phi) is 10.3. The summed E-state index contributed by atoms with van der Waals surface area (Å²) in [7, 11) is 2.80. The number of hydrogen-bond donors (Lipinski definition) is 2. The van der Waals surface area contributed by atoms with Gasteiger partial charge in [-0.2, -0.15) is 0 Å². The first-order valence-electron chi connectivity index (χ1n) is 12.6. The molecule has 1 saturated heterocycles. The van der Waals surface area contributed by atoms with E-state index in [1.54, 1.807) is 36.7 Å². The predicted octanol–water partition coefficient (Wildman–Crippen LogP) is 6.16. The number of fused-ring (bicyclic) bond motifs is 1. The van der Waals surface area contributed by atoms with E-state index in [9.17, 15) is 4.79 Å². The minimum absolute atomic E-state index is 0.205. The Morgan fingerprint density at radius 2 is 1.81 bits per heavy atom. The summed E-state index contributed by atoms with van der Waals surface area (Å²) in [5, 5.41) is 2.79. The van der Waals surface area contributed by atoms with Crippen molar-refractivity contribution in [2.75, 3.05) is 17.6 Å². The molecule has 2 unspecified atom stereocenters. The molecule has 5 rings (SSSR count). The number of nitrogens with one attached hydrogen (secondary N) is 1. The summed E-state index contributed by atoms with van der Waals surface area (Å²) < 4.78 is 4.27. The van der Waals surface area contributed by atoms with Gasteiger partial charge in [0.25, 0.3) is 5.91 Å². The number of allylic oxidation sites excluding steroid dienone is 2. The molecule has 8 nitrogen and oxygen atoms in total. The average molecular weight is 518 g/mol. The third-order valence-electron chi connectivity index (χ3n) is 5.86. The fourth-order valence-corrected chi connectivity index (χ4v) is 4.46. The van der Waals surface area contributed by atoms with Crippen LogP contribution in [0.3, 0.4) is 0 Å². The molecule has 3 N–H and O–H groups in total. The van der Waals surface area contributed by atoms with E-state index in [-0.39, 0.29) is 11.9 Å². The van der Waals surface area contributed by atoms with Crippen molar-refractivity contribution in [3.05, 3.63) is 84.6 Å². The van der Waals surface area contributed by atoms with Gasteiger partial charge in [-0.3, -0.25) is 13.9 Å². The fraction of sp³-hybridized carbons (Fsp3) is 0.286. The van der Waals surface area contributed by atoms with Gasteiger partial charge < -0.3 is 11.1 Å². The van der Waals surface area contributed by atoms with E-state index in [0.717, 1.165) is 42.0 Å². The molecule has 1 amide bonds. The number of anilines is 2. The number of nitrogens with two attached hydrogens (primary N) is 1.